The van der Waals surface area contributed by atoms with Crippen LogP contribution in [-0.4, -0.2) is 4.98 Å². The lowest BCUT2D eigenvalue weighted by Crippen LogP contribution is -2.13. The van der Waals surface area contributed by atoms with Gasteiger partial charge in [0.1, 0.15) is 5.82 Å². The van der Waals surface area contributed by atoms with Crippen molar-refractivity contribution in [3.05, 3.63) is 53.6 Å². The molecule has 2 heteroatoms. The second kappa shape index (κ2) is 4.52. The monoisotopic (exact) mass is 243 g/mol. The van der Waals surface area contributed by atoms with E-state index in [1.165, 1.54) is 17.7 Å². The van der Waals surface area contributed by atoms with Gasteiger partial charge in [0, 0.05) is 22.9 Å². The van der Waals surface area contributed by atoms with Crippen molar-refractivity contribution in [2.75, 3.05) is 0 Å². The van der Waals surface area contributed by atoms with E-state index in [0.717, 1.165) is 16.8 Å². The molecule has 0 fully saturated rings. The molecule has 2 aromatic rings. The molecule has 1 aromatic carbocycles. The Bertz CT molecular complexity index is 550. The summed E-state index contributed by atoms with van der Waals surface area (Å²) in [5, 5.41) is 0. The summed E-state index contributed by atoms with van der Waals surface area (Å²) in [5.74, 6) is -0.212. The second-order valence-electron chi connectivity index (χ2n) is 5.64. The van der Waals surface area contributed by atoms with Crippen LogP contribution in [0.2, 0.25) is 0 Å². The van der Waals surface area contributed by atoms with Gasteiger partial charge < -0.3 is 0 Å². The van der Waals surface area contributed by atoms with Crippen molar-refractivity contribution in [3.8, 4) is 11.1 Å². The molecule has 0 spiro atoms. The Balaban J connectivity index is 2.45. The minimum Gasteiger partial charge on any atom is -0.260 e. The lowest BCUT2D eigenvalue weighted by Gasteiger charge is -2.19. The standard InChI is InChI=1S/C16H18FN/c1-11-9-15(16(2,3)4)18-10-14(11)12-5-7-13(17)8-6-12/h5-10H,1-4H3. The molecule has 0 radical (unpaired) electrons. The molecule has 0 saturated carbocycles. The summed E-state index contributed by atoms with van der Waals surface area (Å²) in [5.41, 5.74) is 4.35. The Morgan fingerprint density at radius 2 is 1.67 bits per heavy atom. The smallest absolute Gasteiger partial charge is 0.123 e. The summed E-state index contributed by atoms with van der Waals surface area (Å²) in [6.45, 7) is 8.50. The third-order valence-electron chi connectivity index (χ3n) is 3.03. The summed E-state index contributed by atoms with van der Waals surface area (Å²) < 4.78 is 12.9. The van der Waals surface area contributed by atoms with Gasteiger partial charge in [0.2, 0.25) is 0 Å². The first-order valence-corrected chi connectivity index (χ1v) is 6.11. The molecular formula is C16H18FN. The molecule has 0 N–H and O–H groups in total. The molecule has 0 atom stereocenters. The van der Waals surface area contributed by atoms with Crippen LogP contribution in [0.25, 0.3) is 11.1 Å². The van der Waals surface area contributed by atoms with Gasteiger partial charge in [0.05, 0.1) is 0 Å². The first-order valence-electron chi connectivity index (χ1n) is 6.11. The van der Waals surface area contributed by atoms with Crippen LogP contribution in [0, 0.1) is 12.7 Å². The molecule has 0 amide bonds. The first kappa shape index (κ1) is 12.7. The van der Waals surface area contributed by atoms with Gasteiger partial charge in [-0.2, -0.15) is 0 Å². The highest BCUT2D eigenvalue weighted by atomic mass is 19.1. The number of rotatable bonds is 1. The van der Waals surface area contributed by atoms with Crippen molar-refractivity contribution in [1.29, 1.82) is 0 Å². The van der Waals surface area contributed by atoms with Crippen LogP contribution in [0.3, 0.4) is 0 Å². The minimum atomic E-state index is -0.212. The zero-order chi connectivity index (χ0) is 13.3. The van der Waals surface area contributed by atoms with Crippen LogP contribution in [0.4, 0.5) is 4.39 Å². The van der Waals surface area contributed by atoms with Gasteiger partial charge in [0.15, 0.2) is 0 Å². The largest absolute Gasteiger partial charge is 0.260 e. The summed E-state index contributed by atoms with van der Waals surface area (Å²) in [6.07, 6.45) is 1.88. The van der Waals surface area contributed by atoms with E-state index in [4.69, 9.17) is 0 Å². The van der Waals surface area contributed by atoms with Gasteiger partial charge in [-0.15, -0.1) is 0 Å². The molecule has 94 valence electrons. The number of nitrogens with zero attached hydrogens (tertiary/aromatic N) is 1. The molecule has 0 saturated heterocycles. The number of benzene rings is 1. The van der Waals surface area contributed by atoms with Crippen LogP contribution in [-0.2, 0) is 5.41 Å². The molecule has 1 aromatic heterocycles. The van der Waals surface area contributed by atoms with Crippen LogP contribution in [0.5, 0.6) is 0 Å². The van der Waals surface area contributed by atoms with Crippen molar-refractivity contribution in [3.63, 3.8) is 0 Å². The fourth-order valence-electron chi connectivity index (χ4n) is 1.90. The SMILES string of the molecule is Cc1cc(C(C)(C)C)ncc1-c1ccc(F)cc1. The molecule has 0 bridgehead atoms. The number of aromatic nitrogens is 1. The number of halogens is 1. The van der Waals surface area contributed by atoms with E-state index in [0.29, 0.717) is 0 Å². The van der Waals surface area contributed by atoms with E-state index < -0.39 is 0 Å². The summed E-state index contributed by atoms with van der Waals surface area (Å²) in [4.78, 5) is 4.52. The molecular weight excluding hydrogens is 225 g/mol. The topological polar surface area (TPSA) is 12.9 Å². The van der Waals surface area contributed by atoms with Crippen molar-refractivity contribution in [2.45, 2.75) is 33.1 Å². The number of aryl methyl sites for hydroxylation is 1. The molecule has 0 unspecified atom stereocenters. The number of hydrogen-bond acceptors (Lipinski definition) is 1. The first-order chi connectivity index (χ1) is 8.38. The summed E-state index contributed by atoms with van der Waals surface area (Å²) in [6, 6.07) is 8.64. The predicted molar refractivity (Wildman–Crippen MR) is 73.1 cm³/mol. The normalized spacial score (nSPS) is 11.6. The van der Waals surface area contributed by atoms with Gasteiger partial charge in [-0.05, 0) is 36.2 Å². The average Bonchev–Trinajstić information content (AvgIpc) is 2.29. The van der Waals surface area contributed by atoms with Gasteiger partial charge >= 0.3 is 0 Å². The minimum absolute atomic E-state index is 0.0477. The summed E-state index contributed by atoms with van der Waals surface area (Å²) in [7, 11) is 0. The maximum Gasteiger partial charge on any atom is 0.123 e. The fourth-order valence-corrected chi connectivity index (χ4v) is 1.90. The zero-order valence-corrected chi connectivity index (χ0v) is 11.3. The predicted octanol–water partition coefficient (Wildman–Crippen LogP) is 4.49. The zero-order valence-electron chi connectivity index (χ0n) is 11.3. The van der Waals surface area contributed by atoms with Crippen molar-refractivity contribution >= 4 is 0 Å². The lowest BCUT2D eigenvalue weighted by molar-refractivity contribution is 0.568. The lowest BCUT2D eigenvalue weighted by atomic mass is 9.89. The van der Waals surface area contributed by atoms with Crippen LogP contribution < -0.4 is 0 Å². The molecule has 2 rings (SSSR count). The Morgan fingerprint density at radius 1 is 1.06 bits per heavy atom. The van der Waals surface area contributed by atoms with E-state index in [2.05, 4.69) is 38.7 Å². The Kier molecular flexibility index (Phi) is 3.20. The highest BCUT2D eigenvalue weighted by Crippen LogP contribution is 2.27. The van der Waals surface area contributed by atoms with E-state index in [1.54, 1.807) is 12.1 Å². The quantitative estimate of drug-likeness (QED) is 0.719. The summed E-state index contributed by atoms with van der Waals surface area (Å²) >= 11 is 0. The van der Waals surface area contributed by atoms with Gasteiger partial charge in [0.25, 0.3) is 0 Å². The molecule has 18 heavy (non-hydrogen) atoms. The third-order valence-corrected chi connectivity index (χ3v) is 3.03. The van der Waals surface area contributed by atoms with Crippen molar-refractivity contribution in [2.24, 2.45) is 0 Å². The van der Waals surface area contributed by atoms with E-state index in [9.17, 15) is 4.39 Å². The average molecular weight is 243 g/mol. The Morgan fingerprint density at radius 3 is 2.17 bits per heavy atom. The maximum atomic E-state index is 12.9. The third kappa shape index (κ3) is 2.58. The Labute approximate surface area is 108 Å². The van der Waals surface area contributed by atoms with E-state index in [-0.39, 0.29) is 11.2 Å². The van der Waals surface area contributed by atoms with Crippen molar-refractivity contribution < 1.29 is 4.39 Å². The number of hydrogen-bond donors (Lipinski definition) is 0. The number of pyridine rings is 1. The molecule has 0 aliphatic carbocycles. The Hall–Kier alpha value is -1.70. The highest BCUT2D eigenvalue weighted by molar-refractivity contribution is 5.66. The van der Waals surface area contributed by atoms with Crippen LogP contribution in [0.1, 0.15) is 32.0 Å². The van der Waals surface area contributed by atoms with E-state index in [1.807, 2.05) is 6.20 Å². The highest BCUT2D eigenvalue weighted by Gasteiger charge is 2.16. The van der Waals surface area contributed by atoms with Crippen LogP contribution >= 0.6 is 0 Å². The second-order valence-corrected chi connectivity index (χ2v) is 5.64. The molecule has 1 heterocycles. The van der Waals surface area contributed by atoms with Gasteiger partial charge in [-0.1, -0.05) is 32.9 Å². The van der Waals surface area contributed by atoms with Gasteiger partial charge in [-0.3, -0.25) is 4.98 Å². The maximum absolute atomic E-state index is 12.9. The van der Waals surface area contributed by atoms with Crippen molar-refractivity contribution in [1.82, 2.24) is 4.98 Å². The fraction of sp³-hybridized carbons (Fsp3) is 0.312. The molecule has 0 aliphatic rings. The van der Waals surface area contributed by atoms with Gasteiger partial charge in [-0.25, -0.2) is 4.39 Å². The van der Waals surface area contributed by atoms with Crippen LogP contribution in [0.15, 0.2) is 36.5 Å². The van der Waals surface area contributed by atoms with E-state index >= 15 is 0 Å². The molecule has 0 aliphatic heterocycles. The molecule has 1 nitrogen and oxygen atoms in total.